The standard InChI is InChI=1S/C21H35N3/c1-15(2)17-5-7-19(8-6-17)20-13-22-21(23-14-20)24-11-9-18(10-12-24)16(3)4/h13-19H,5-12H2,1-4H3. The van der Waals surface area contributed by atoms with Crippen molar-refractivity contribution in [1.29, 1.82) is 0 Å². The third kappa shape index (κ3) is 4.10. The van der Waals surface area contributed by atoms with Crippen LogP contribution in [0.4, 0.5) is 5.95 Å². The van der Waals surface area contributed by atoms with Crippen LogP contribution in [0.25, 0.3) is 0 Å². The molecule has 1 aromatic rings. The van der Waals surface area contributed by atoms with E-state index in [9.17, 15) is 0 Å². The van der Waals surface area contributed by atoms with Crippen LogP contribution in [-0.2, 0) is 0 Å². The first kappa shape index (κ1) is 17.7. The highest BCUT2D eigenvalue weighted by Crippen LogP contribution is 2.38. The quantitative estimate of drug-likeness (QED) is 0.752. The topological polar surface area (TPSA) is 29.0 Å². The van der Waals surface area contributed by atoms with Gasteiger partial charge in [0, 0.05) is 25.5 Å². The average Bonchev–Trinajstić information content (AvgIpc) is 2.62. The van der Waals surface area contributed by atoms with Crippen LogP contribution in [0.1, 0.15) is 77.7 Å². The zero-order valence-electron chi connectivity index (χ0n) is 16.0. The number of hydrogen-bond acceptors (Lipinski definition) is 3. The van der Waals surface area contributed by atoms with Crippen LogP contribution < -0.4 is 4.90 Å². The largest absolute Gasteiger partial charge is 0.341 e. The minimum absolute atomic E-state index is 0.681. The summed E-state index contributed by atoms with van der Waals surface area (Å²) in [6.07, 6.45) is 12.1. The van der Waals surface area contributed by atoms with Crippen molar-refractivity contribution in [2.75, 3.05) is 18.0 Å². The zero-order valence-corrected chi connectivity index (χ0v) is 16.0. The van der Waals surface area contributed by atoms with Gasteiger partial charge in [0.05, 0.1) is 0 Å². The summed E-state index contributed by atoms with van der Waals surface area (Å²) in [6, 6.07) is 0. The molecule has 0 spiro atoms. The molecule has 0 N–H and O–H groups in total. The highest BCUT2D eigenvalue weighted by Gasteiger charge is 2.26. The van der Waals surface area contributed by atoms with Crippen LogP contribution in [0.5, 0.6) is 0 Å². The van der Waals surface area contributed by atoms with Gasteiger partial charge in [0.25, 0.3) is 0 Å². The van der Waals surface area contributed by atoms with Crippen molar-refractivity contribution >= 4 is 5.95 Å². The second-order valence-electron chi connectivity index (χ2n) is 8.74. The summed E-state index contributed by atoms with van der Waals surface area (Å²) in [5.41, 5.74) is 1.36. The Morgan fingerprint density at radius 1 is 0.792 bits per heavy atom. The summed E-state index contributed by atoms with van der Waals surface area (Å²) < 4.78 is 0. The molecule has 3 nitrogen and oxygen atoms in total. The Morgan fingerprint density at radius 2 is 1.29 bits per heavy atom. The molecule has 1 aromatic heterocycles. The van der Waals surface area contributed by atoms with Gasteiger partial charge in [-0.15, -0.1) is 0 Å². The Hall–Kier alpha value is -1.12. The first-order valence-corrected chi connectivity index (χ1v) is 10.1. The summed E-state index contributed by atoms with van der Waals surface area (Å²) in [7, 11) is 0. The summed E-state index contributed by atoms with van der Waals surface area (Å²) in [5, 5.41) is 0. The molecule has 3 rings (SSSR count). The van der Waals surface area contributed by atoms with E-state index in [4.69, 9.17) is 9.97 Å². The molecule has 1 saturated heterocycles. The third-order valence-corrected chi connectivity index (χ3v) is 6.61. The van der Waals surface area contributed by atoms with Crippen LogP contribution in [0, 0.1) is 23.7 Å². The molecule has 0 amide bonds. The van der Waals surface area contributed by atoms with E-state index < -0.39 is 0 Å². The van der Waals surface area contributed by atoms with Gasteiger partial charge in [-0.1, -0.05) is 27.7 Å². The van der Waals surface area contributed by atoms with Gasteiger partial charge in [-0.2, -0.15) is 0 Å². The lowest BCUT2D eigenvalue weighted by Crippen LogP contribution is -2.36. The molecular formula is C21H35N3. The fraction of sp³-hybridized carbons (Fsp3) is 0.810. The van der Waals surface area contributed by atoms with Crippen molar-refractivity contribution in [3.8, 4) is 0 Å². The van der Waals surface area contributed by atoms with Crippen LogP contribution in [0.2, 0.25) is 0 Å². The zero-order chi connectivity index (χ0) is 17.1. The lowest BCUT2D eigenvalue weighted by molar-refractivity contribution is 0.258. The summed E-state index contributed by atoms with van der Waals surface area (Å²) in [6.45, 7) is 11.7. The average molecular weight is 330 g/mol. The molecule has 0 unspecified atom stereocenters. The number of anilines is 1. The summed E-state index contributed by atoms with van der Waals surface area (Å²) in [4.78, 5) is 11.8. The maximum atomic E-state index is 4.72. The predicted octanol–water partition coefficient (Wildman–Crippen LogP) is 5.28. The van der Waals surface area contributed by atoms with Crippen LogP contribution in [-0.4, -0.2) is 23.1 Å². The number of piperidine rings is 1. The normalized spacial score (nSPS) is 26.3. The van der Waals surface area contributed by atoms with Crippen molar-refractivity contribution in [3.05, 3.63) is 18.0 Å². The Labute approximate surface area is 148 Å². The molecule has 0 aromatic carbocycles. The maximum Gasteiger partial charge on any atom is 0.225 e. The predicted molar refractivity (Wildman–Crippen MR) is 101 cm³/mol. The number of nitrogens with zero attached hydrogens (tertiary/aromatic N) is 3. The van der Waals surface area contributed by atoms with E-state index in [1.54, 1.807) is 0 Å². The van der Waals surface area contributed by atoms with Gasteiger partial charge in [0.1, 0.15) is 0 Å². The van der Waals surface area contributed by atoms with Gasteiger partial charge in [-0.3, -0.25) is 0 Å². The van der Waals surface area contributed by atoms with Gasteiger partial charge < -0.3 is 4.90 Å². The molecule has 1 aliphatic heterocycles. The minimum atomic E-state index is 0.681. The lowest BCUT2D eigenvalue weighted by atomic mass is 9.75. The van der Waals surface area contributed by atoms with Crippen LogP contribution >= 0.6 is 0 Å². The molecule has 2 fully saturated rings. The highest BCUT2D eigenvalue weighted by molar-refractivity contribution is 5.31. The second kappa shape index (κ2) is 7.84. The summed E-state index contributed by atoms with van der Waals surface area (Å²) in [5.74, 6) is 5.05. The van der Waals surface area contributed by atoms with Crippen LogP contribution in [0.15, 0.2) is 12.4 Å². The molecular weight excluding hydrogens is 294 g/mol. The fourth-order valence-corrected chi connectivity index (χ4v) is 4.59. The Balaban J connectivity index is 1.55. The molecule has 0 atom stereocenters. The smallest absolute Gasteiger partial charge is 0.225 e. The molecule has 3 heteroatoms. The minimum Gasteiger partial charge on any atom is -0.341 e. The van der Waals surface area contributed by atoms with Crippen molar-refractivity contribution in [2.24, 2.45) is 23.7 Å². The van der Waals surface area contributed by atoms with Gasteiger partial charge in [-0.05, 0) is 73.7 Å². The molecule has 0 bridgehead atoms. The monoisotopic (exact) mass is 329 g/mol. The van der Waals surface area contributed by atoms with E-state index >= 15 is 0 Å². The third-order valence-electron chi connectivity index (χ3n) is 6.61. The van der Waals surface area contributed by atoms with Crippen molar-refractivity contribution in [1.82, 2.24) is 9.97 Å². The number of rotatable bonds is 4. The first-order valence-electron chi connectivity index (χ1n) is 10.1. The number of aromatic nitrogens is 2. The van der Waals surface area contributed by atoms with E-state index in [2.05, 4.69) is 45.0 Å². The molecule has 0 radical (unpaired) electrons. The molecule has 1 saturated carbocycles. The Kier molecular flexibility index (Phi) is 5.78. The highest BCUT2D eigenvalue weighted by atomic mass is 15.2. The van der Waals surface area contributed by atoms with Gasteiger partial charge >= 0.3 is 0 Å². The lowest BCUT2D eigenvalue weighted by Gasteiger charge is -2.34. The van der Waals surface area contributed by atoms with Crippen LogP contribution in [0.3, 0.4) is 0 Å². The van der Waals surface area contributed by atoms with E-state index in [1.165, 1.54) is 44.1 Å². The first-order chi connectivity index (χ1) is 11.5. The summed E-state index contributed by atoms with van der Waals surface area (Å²) >= 11 is 0. The maximum absolute atomic E-state index is 4.72. The molecule has 2 heterocycles. The van der Waals surface area contributed by atoms with Crippen molar-refractivity contribution < 1.29 is 0 Å². The molecule has 1 aliphatic carbocycles. The molecule has 2 aliphatic rings. The molecule has 134 valence electrons. The van der Waals surface area contributed by atoms with Gasteiger partial charge in [0.2, 0.25) is 5.95 Å². The van der Waals surface area contributed by atoms with Crippen molar-refractivity contribution in [2.45, 2.75) is 72.1 Å². The Bertz CT molecular complexity index is 445. The second-order valence-corrected chi connectivity index (χ2v) is 8.74. The van der Waals surface area contributed by atoms with Crippen molar-refractivity contribution in [3.63, 3.8) is 0 Å². The number of hydrogen-bond donors (Lipinski definition) is 0. The SMILES string of the molecule is CC(C)C1CCC(c2cnc(N3CCC(C(C)C)CC3)nc2)CC1. The van der Waals surface area contributed by atoms with E-state index in [1.807, 2.05) is 0 Å². The van der Waals surface area contributed by atoms with E-state index in [-0.39, 0.29) is 0 Å². The Morgan fingerprint density at radius 3 is 1.79 bits per heavy atom. The van der Waals surface area contributed by atoms with E-state index in [0.29, 0.717) is 5.92 Å². The molecule has 24 heavy (non-hydrogen) atoms. The fourth-order valence-electron chi connectivity index (χ4n) is 4.59. The van der Waals surface area contributed by atoms with E-state index in [0.717, 1.165) is 42.7 Å². The van der Waals surface area contributed by atoms with Gasteiger partial charge in [-0.25, -0.2) is 9.97 Å². The van der Waals surface area contributed by atoms with Gasteiger partial charge in [0.15, 0.2) is 0 Å².